The molecular formula is C22H17N3O3. The molecule has 0 unspecified atom stereocenters. The summed E-state index contributed by atoms with van der Waals surface area (Å²) in [5, 5.41) is 4.94. The molecule has 1 aliphatic rings. The van der Waals surface area contributed by atoms with E-state index in [-0.39, 0.29) is 12.0 Å². The van der Waals surface area contributed by atoms with E-state index >= 15 is 0 Å². The zero-order chi connectivity index (χ0) is 18.9. The van der Waals surface area contributed by atoms with Crippen molar-refractivity contribution in [3.05, 3.63) is 78.6 Å². The third kappa shape index (κ3) is 2.99. The van der Waals surface area contributed by atoms with Gasteiger partial charge in [-0.3, -0.25) is 9.78 Å². The second-order valence-corrected chi connectivity index (χ2v) is 6.75. The molecule has 6 nitrogen and oxygen atoms in total. The zero-order valence-corrected chi connectivity index (χ0v) is 15.0. The number of aromatic nitrogens is 2. The first kappa shape index (κ1) is 16.5. The van der Waals surface area contributed by atoms with Gasteiger partial charge in [-0.25, -0.2) is 0 Å². The summed E-state index contributed by atoms with van der Waals surface area (Å²) in [5.41, 5.74) is 2.29. The summed E-state index contributed by atoms with van der Waals surface area (Å²) in [4.78, 5) is 18.7. The molecule has 0 N–H and O–H groups in total. The van der Waals surface area contributed by atoms with E-state index in [2.05, 4.69) is 10.1 Å². The lowest BCUT2D eigenvalue weighted by molar-refractivity contribution is 0.0177. The van der Waals surface area contributed by atoms with Crippen LogP contribution >= 0.6 is 0 Å². The first-order valence-corrected chi connectivity index (χ1v) is 9.09. The Hall–Kier alpha value is -3.67. The van der Waals surface area contributed by atoms with E-state index in [1.54, 1.807) is 23.4 Å². The summed E-state index contributed by atoms with van der Waals surface area (Å²) < 4.78 is 11.3. The monoisotopic (exact) mass is 371 g/mol. The normalized spacial score (nSPS) is 14.1. The SMILES string of the molecule is O=C(c1ccc2noc(-c3ccccc3)c2c1)N1CC(Oc2cccnc2)C1. The third-order valence-electron chi connectivity index (χ3n) is 4.83. The minimum atomic E-state index is -0.0202. The number of rotatable bonds is 4. The van der Waals surface area contributed by atoms with Gasteiger partial charge in [-0.15, -0.1) is 0 Å². The van der Waals surface area contributed by atoms with Crippen molar-refractivity contribution in [3.63, 3.8) is 0 Å². The van der Waals surface area contributed by atoms with Crippen molar-refractivity contribution in [2.75, 3.05) is 13.1 Å². The molecule has 1 saturated heterocycles. The topological polar surface area (TPSA) is 68.5 Å². The molecule has 5 rings (SSSR count). The fraction of sp³-hybridized carbons (Fsp3) is 0.136. The molecule has 1 amide bonds. The van der Waals surface area contributed by atoms with E-state index in [1.807, 2.05) is 54.6 Å². The molecule has 4 aromatic rings. The molecule has 2 aromatic heterocycles. The van der Waals surface area contributed by atoms with Gasteiger partial charge in [0.15, 0.2) is 5.76 Å². The summed E-state index contributed by atoms with van der Waals surface area (Å²) in [6.07, 6.45) is 3.37. The van der Waals surface area contributed by atoms with Gasteiger partial charge in [0.1, 0.15) is 17.4 Å². The Morgan fingerprint density at radius 1 is 1.07 bits per heavy atom. The van der Waals surface area contributed by atoms with Crippen molar-refractivity contribution in [3.8, 4) is 17.1 Å². The van der Waals surface area contributed by atoms with Gasteiger partial charge in [0.25, 0.3) is 5.91 Å². The number of likely N-dealkylation sites (tertiary alicyclic amines) is 1. The number of amides is 1. The Balaban J connectivity index is 1.33. The van der Waals surface area contributed by atoms with E-state index in [0.29, 0.717) is 24.4 Å². The Morgan fingerprint density at radius 3 is 2.71 bits per heavy atom. The van der Waals surface area contributed by atoms with E-state index in [1.165, 1.54) is 0 Å². The lowest BCUT2D eigenvalue weighted by Crippen LogP contribution is -2.56. The highest BCUT2D eigenvalue weighted by molar-refractivity contribution is 6.01. The molecule has 3 heterocycles. The summed E-state index contributed by atoms with van der Waals surface area (Å²) in [5.74, 6) is 1.37. The van der Waals surface area contributed by atoms with Crippen LogP contribution in [-0.2, 0) is 0 Å². The second-order valence-electron chi connectivity index (χ2n) is 6.75. The maximum Gasteiger partial charge on any atom is 0.254 e. The lowest BCUT2D eigenvalue weighted by atomic mass is 10.0. The van der Waals surface area contributed by atoms with Crippen LogP contribution in [0.15, 0.2) is 77.6 Å². The van der Waals surface area contributed by atoms with Gasteiger partial charge < -0.3 is 14.2 Å². The maximum absolute atomic E-state index is 12.8. The molecule has 2 aromatic carbocycles. The highest BCUT2D eigenvalue weighted by atomic mass is 16.5. The van der Waals surface area contributed by atoms with Crippen molar-refractivity contribution in [2.24, 2.45) is 0 Å². The number of hydrogen-bond acceptors (Lipinski definition) is 5. The second kappa shape index (κ2) is 6.81. The summed E-state index contributed by atoms with van der Waals surface area (Å²) in [7, 11) is 0. The molecule has 28 heavy (non-hydrogen) atoms. The first-order chi connectivity index (χ1) is 13.8. The largest absolute Gasteiger partial charge is 0.485 e. The minimum absolute atomic E-state index is 0.00708. The molecule has 138 valence electrons. The standard InChI is InChI=1S/C22H17N3O3/c26-22(25-13-18(14-25)27-17-7-4-10-23-12-17)16-8-9-20-19(11-16)21(28-24-20)15-5-2-1-3-6-15/h1-12,18H,13-14H2. The Bertz CT molecular complexity index is 1120. The van der Waals surface area contributed by atoms with Gasteiger partial charge in [0.05, 0.1) is 24.7 Å². The lowest BCUT2D eigenvalue weighted by Gasteiger charge is -2.38. The Morgan fingerprint density at radius 2 is 1.93 bits per heavy atom. The summed E-state index contributed by atoms with van der Waals surface area (Å²) in [6.45, 7) is 1.11. The van der Waals surface area contributed by atoms with Gasteiger partial charge in [-0.05, 0) is 30.3 Å². The average Bonchev–Trinajstić information content (AvgIpc) is 3.14. The number of benzene rings is 2. The highest BCUT2D eigenvalue weighted by Gasteiger charge is 2.33. The number of carbonyl (C=O) groups is 1. The fourth-order valence-corrected chi connectivity index (χ4v) is 3.34. The predicted octanol–water partition coefficient (Wildman–Crippen LogP) is 3.79. The Labute approximate surface area is 161 Å². The van der Waals surface area contributed by atoms with Gasteiger partial charge in [0, 0.05) is 17.3 Å². The molecular weight excluding hydrogens is 354 g/mol. The number of nitrogens with zero attached hydrogens (tertiary/aromatic N) is 3. The van der Waals surface area contributed by atoms with Crippen LogP contribution in [0.3, 0.4) is 0 Å². The average molecular weight is 371 g/mol. The van der Waals surface area contributed by atoms with Crippen LogP contribution in [0.2, 0.25) is 0 Å². The van der Waals surface area contributed by atoms with Crippen LogP contribution in [-0.4, -0.2) is 40.1 Å². The van der Waals surface area contributed by atoms with Crippen LogP contribution in [0.4, 0.5) is 0 Å². The molecule has 1 aliphatic heterocycles. The van der Waals surface area contributed by atoms with Crippen LogP contribution in [0.1, 0.15) is 10.4 Å². The molecule has 0 bridgehead atoms. The van der Waals surface area contributed by atoms with Gasteiger partial charge in [-0.2, -0.15) is 0 Å². The van der Waals surface area contributed by atoms with Crippen LogP contribution in [0.5, 0.6) is 5.75 Å². The summed E-state index contributed by atoms with van der Waals surface area (Å²) >= 11 is 0. The number of fused-ring (bicyclic) bond motifs is 1. The zero-order valence-electron chi connectivity index (χ0n) is 15.0. The van der Waals surface area contributed by atoms with Gasteiger partial charge >= 0.3 is 0 Å². The van der Waals surface area contributed by atoms with Crippen LogP contribution in [0.25, 0.3) is 22.2 Å². The molecule has 0 saturated carbocycles. The Kier molecular flexibility index (Phi) is 4.01. The van der Waals surface area contributed by atoms with Crippen LogP contribution in [0, 0.1) is 0 Å². The van der Waals surface area contributed by atoms with E-state index < -0.39 is 0 Å². The van der Waals surface area contributed by atoms with Gasteiger partial charge in [-0.1, -0.05) is 35.5 Å². The van der Waals surface area contributed by atoms with E-state index in [4.69, 9.17) is 9.26 Å². The van der Waals surface area contributed by atoms with Crippen molar-refractivity contribution >= 4 is 16.8 Å². The fourth-order valence-electron chi connectivity index (χ4n) is 3.34. The first-order valence-electron chi connectivity index (χ1n) is 9.09. The number of carbonyl (C=O) groups excluding carboxylic acids is 1. The number of pyridine rings is 1. The molecule has 0 spiro atoms. The molecule has 1 fully saturated rings. The summed E-state index contributed by atoms with van der Waals surface area (Å²) in [6, 6.07) is 18.9. The van der Waals surface area contributed by atoms with E-state index in [0.717, 1.165) is 22.2 Å². The third-order valence-corrected chi connectivity index (χ3v) is 4.83. The molecule has 0 aliphatic carbocycles. The predicted molar refractivity (Wildman–Crippen MR) is 104 cm³/mol. The molecule has 0 atom stereocenters. The highest BCUT2D eigenvalue weighted by Crippen LogP contribution is 2.30. The van der Waals surface area contributed by atoms with Crippen LogP contribution < -0.4 is 4.74 Å². The quantitative estimate of drug-likeness (QED) is 0.546. The number of ether oxygens (including phenoxy) is 1. The molecule has 6 heteroatoms. The van der Waals surface area contributed by atoms with E-state index in [9.17, 15) is 4.79 Å². The van der Waals surface area contributed by atoms with Crippen molar-refractivity contribution in [2.45, 2.75) is 6.10 Å². The van der Waals surface area contributed by atoms with Gasteiger partial charge in [0.2, 0.25) is 0 Å². The smallest absolute Gasteiger partial charge is 0.254 e. The number of hydrogen-bond donors (Lipinski definition) is 0. The minimum Gasteiger partial charge on any atom is -0.485 e. The molecule has 0 radical (unpaired) electrons. The van der Waals surface area contributed by atoms with Crippen molar-refractivity contribution < 1.29 is 14.1 Å². The maximum atomic E-state index is 12.8. The van der Waals surface area contributed by atoms with Crippen molar-refractivity contribution in [1.29, 1.82) is 0 Å². The van der Waals surface area contributed by atoms with Crippen molar-refractivity contribution in [1.82, 2.24) is 15.0 Å².